The average Bonchev–Trinajstić information content (AvgIpc) is 3.45. The van der Waals surface area contributed by atoms with Crippen LogP contribution in [-0.2, 0) is 20.3 Å². The number of fused-ring (bicyclic) bond motifs is 3. The maximum Gasteiger partial charge on any atom is 0.341 e. The van der Waals surface area contributed by atoms with Gasteiger partial charge in [-0.2, -0.15) is 0 Å². The Balaban J connectivity index is 1.70. The van der Waals surface area contributed by atoms with Gasteiger partial charge in [-0.3, -0.25) is 4.79 Å². The van der Waals surface area contributed by atoms with Crippen LogP contribution in [0.1, 0.15) is 41.2 Å². The van der Waals surface area contributed by atoms with Gasteiger partial charge in [-0.05, 0) is 30.5 Å². The van der Waals surface area contributed by atoms with Crippen LogP contribution >= 0.6 is 11.6 Å². The molecule has 1 saturated heterocycles. The largest absolute Gasteiger partial charge is 0.489 e. The highest BCUT2D eigenvalue weighted by atomic mass is 35.5. The second-order valence-corrected chi connectivity index (χ2v) is 10.1. The van der Waals surface area contributed by atoms with E-state index < -0.39 is 32.7 Å². The third kappa shape index (κ3) is 3.12. The Morgan fingerprint density at radius 1 is 1.27 bits per heavy atom. The maximum absolute atomic E-state index is 13.0. The molecule has 3 heterocycles. The van der Waals surface area contributed by atoms with E-state index >= 15 is 0 Å². The standard InChI is InChI=1S/C20H18ClNO7S/c21-15-6-13-17(7-16(15)29-8-12-3-4-28-12)30(26,27)9-10-5-14(20(24)25)19(23)22(18(10)13)11-1-2-11/h5-7,11-12H,1-4,8-9H2,(H,24,25). The predicted molar refractivity (Wildman–Crippen MR) is 107 cm³/mol. The molecule has 1 aromatic heterocycles. The van der Waals surface area contributed by atoms with Gasteiger partial charge in [0.05, 0.1) is 27.5 Å². The van der Waals surface area contributed by atoms with Crippen LogP contribution in [0, 0.1) is 0 Å². The van der Waals surface area contributed by atoms with Crippen molar-refractivity contribution in [3.8, 4) is 17.0 Å². The van der Waals surface area contributed by atoms with Crippen LogP contribution in [0.15, 0.2) is 27.9 Å². The molecule has 3 aliphatic rings. The van der Waals surface area contributed by atoms with Crippen molar-refractivity contribution in [3.05, 3.63) is 44.7 Å². The minimum absolute atomic E-state index is 0.0285. The molecule has 1 saturated carbocycles. The molecule has 2 aliphatic heterocycles. The summed E-state index contributed by atoms with van der Waals surface area (Å²) in [6, 6.07) is 3.90. The molecular weight excluding hydrogens is 434 g/mol. The third-order valence-electron chi connectivity index (χ3n) is 5.64. The van der Waals surface area contributed by atoms with Crippen LogP contribution in [0.3, 0.4) is 0 Å². The van der Waals surface area contributed by atoms with Gasteiger partial charge in [-0.1, -0.05) is 11.6 Å². The van der Waals surface area contributed by atoms with Crippen LogP contribution in [0.5, 0.6) is 5.75 Å². The van der Waals surface area contributed by atoms with Gasteiger partial charge in [0.2, 0.25) is 0 Å². The lowest BCUT2D eigenvalue weighted by Crippen LogP contribution is -2.32. The van der Waals surface area contributed by atoms with Crippen molar-refractivity contribution in [2.75, 3.05) is 13.2 Å². The highest BCUT2D eigenvalue weighted by molar-refractivity contribution is 7.90. The molecule has 10 heteroatoms. The van der Waals surface area contributed by atoms with E-state index in [-0.39, 0.29) is 34.4 Å². The topological polar surface area (TPSA) is 112 Å². The smallest absolute Gasteiger partial charge is 0.341 e. The Kier molecular flexibility index (Phi) is 4.46. The summed E-state index contributed by atoms with van der Waals surface area (Å²) in [7, 11) is -3.78. The van der Waals surface area contributed by atoms with Crippen LogP contribution in [0.2, 0.25) is 5.02 Å². The molecule has 0 radical (unpaired) electrons. The van der Waals surface area contributed by atoms with Crippen LogP contribution < -0.4 is 10.3 Å². The fourth-order valence-corrected chi connectivity index (χ4v) is 5.69. The van der Waals surface area contributed by atoms with Gasteiger partial charge in [0.25, 0.3) is 5.56 Å². The van der Waals surface area contributed by atoms with Gasteiger partial charge in [0, 0.05) is 30.7 Å². The normalized spacial score (nSPS) is 21.3. The van der Waals surface area contributed by atoms with E-state index in [2.05, 4.69) is 0 Å². The number of carboxylic acid groups (broad SMARTS) is 1. The maximum atomic E-state index is 13.0. The minimum atomic E-state index is -3.78. The molecule has 1 unspecified atom stereocenters. The summed E-state index contributed by atoms with van der Waals surface area (Å²) in [5.41, 5.74) is -0.0417. The number of benzene rings is 1. The SMILES string of the molecule is O=C(O)c1cc2c(n(C3CC3)c1=O)-c1cc(Cl)c(OCC3CCO3)cc1S(=O)(=O)C2. The zero-order chi connectivity index (χ0) is 21.2. The Morgan fingerprint density at radius 2 is 2.00 bits per heavy atom. The Morgan fingerprint density at radius 3 is 2.60 bits per heavy atom. The number of rotatable bonds is 5. The molecule has 0 spiro atoms. The number of carbonyl (C=O) groups is 1. The van der Waals surface area contributed by atoms with Gasteiger partial charge in [0.1, 0.15) is 17.9 Å². The molecule has 1 atom stereocenters. The lowest BCUT2D eigenvalue weighted by Gasteiger charge is -2.28. The quantitative estimate of drug-likeness (QED) is 0.743. The molecule has 0 bridgehead atoms. The zero-order valence-electron chi connectivity index (χ0n) is 15.8. The van der Waals surface area contributed by atoms with E-state index in [9.17, 15) is 23.1 Å². The van der Waals surface area contributed by atoms with Gasteiger partial charge >= 0.3 is 5.97 Å². The number of sulfone groups is 1. The summed E-state index contributed by atoms with van der Waals surface area (Å²) >= 11 is 6.39. The summed E-state index contributed by atoms with van der Waals surface area (Å²) in [5, 5.41) is 9.63. The van der Waals surface area contributed by atoms with Crippen LogP contribution in [0.25, 0.3) is 11.3 Å². The fraction of sp³-hybridized carbons (Fsp3) is 0.400. The van der Waals surface area contributed by atoms with Gasteiger partial charge < -0.3 is 19.1 Å². The number of carboxylic acids is 1. The Bertz CT molecular complexity index is 1240. The molecule has 0 amide bonds. The molecule has 30 heavy (non-hydrogen) atoms. The average molecular weight is 452 g/mol. The van der Waals surface area contributed by atoms with Gasteiger partial charge in [-0.25, -0.2) is 13.2 Å². The summed E-state index contributed by atoms with van der Waals surface area (Å²) in [4.78, 5) is 24.4. The first-order valence-corrected chi connectivity index (χ1v) is 11.6. The molecule has 2 fully saturated rings. The van der Waals surface area contributed by atoms with Crippen molar-refractivity contribution in [1.82, 2.24) is 4.57 Å². The highest BCUT2D eigenvalue weighted by Crippen LogP contribution is 2.46. The number of ether oxygens (including phenoxy) is 2. The fourth-order valence-electron chi connectivity index (χ4n) is 3.91. The molecule has 1 aliphatic carbocycles. The number of halogens is 1. The van der Waals surface area contributed by atoms with Crippen molar-refractivity contribution < 1.29 is 27.8 Å². The van der Waals surface area contributed by atoms with Crippen molar-refractivity contribution in [2.24, 2.45) is 0 Å². The summed E-state index contributed by atoms with van der Waals surface area (Å²) < 4.78 is 38.4. The highest BCUT2D eigenvalue weighted by Gasteiger charge is 2.37. The first-order chi connectivity index (χ1) is 14.3. The molecule has 1 N–H and O–H groups in total. The van der Waals surface area contributed by atoms with E-state index in [1.807, 2.05) is 0 Å². The molecule has 1 aromatic carbocycles. The number of hydrogen-bond acceptors (Lipinski definition) is 6. The Hall–Kier alpha value is -2.36. The first-order valence-electron chi connectivity index (χ1n) is 9.59. The lowest BCUT2D eigenvalue weighted by atomic mass is 10.0. The molecule has 5 rings (SSSR count). The number of nitrogens with zero attached hydrogens (tertiary/aromatic N) is 1. The number of hydrogen-bond donors (Lipinski definition) is 1. The van der Waals surface area contributed by atoms with Crippen molar-refractivity contribution in [3.63, 3.8) is 0 Å². The molecule has 158 valence electrons. The summed E-state index contributed by atoms with van der Waals surface area (Å²) in [5.74, 6) is -1.53. The molecular formula is C20H18ClNO7S. The van der Waals surface area contributed by atoms with Crippen LogP contribution in [0.4, 0.5) is 0 Å². The van der Waals surface area contributed by atoms with E-state index in [4.69, 9.17) is 21.1 Å². The summed E-state index contributed by atoms with van der Waals surface area (Å²) in [6.07, 6.45) is 2.29. The van der Waals surface area contributed by atoms with E-state index in [0.29, 0.717) is 23.4 Å². The number of aromatic nitrogens is 1. The number of aromatic carboxylic acids is 1. The van der Waals surface area contributed by atoms with Crippen molar-refractivity contribution >= 4 is 27.4 Å². The van der Waals surface area contributed by atoms with E-state index in [0.717, 1.165) is 19.3 Å². The van der Waals surface area contributed by atoms with Crippen molar-refractivity contribution in [2.45, 2.75) is 42.1 Å². The molecule has 8 nitrogen and oxygen atoms in total. The number of pyridine rings is 1. The van der Waals surface area contributed by atoms with Gasteiger partial charge in [0.15, 0.2) is 9.84 Å². The molecule has 2 aromatic rings. The van der Waals surface area contributed by atoms with Crippen LogP contribution in [-0.4, -0.2) is 43.4 Å². The van der Waals surface area contributed by atoms with Crippen molar-refractivity contribution in [1.29, 1.82) is 0 Å². The third-order valence-corrected chi connectivity index (χ3v) is 7.64. The summed E-state index contributed by atoms with van der Waals surface area (Å²) in [6.45, 7) is 0.942. The predicted octanol–water partition coefficient (Wildman–Crippen LogP) is 2.66. The Labute approximate surface area is 176 Å². The first kappa shape index (κ1) is 19.6. The lowest BCUT2D eigenvalue weighted by molar-refractivity contribution is -0.0720. The second-order valence-electron chi connectivity index (χ2n) is 7.77. The van der Waals surface area contributed by atoms with E-state index in [1.165, 1.54) is 22.8 Å². The van der Waals surface area contributed by atoms with Gasteiger partial charge in [-0.15, -0.1) is 0 Å². The second kappa shape index (κ2) is 6.83. The monoisotopic (exact) mass is 451 g/mol. The minimum Gasteiger partial charge on any atom is -0.489 e. The van der Waals surface area contributed by atoms with E-state index in [1.54, 1.807) is 0 Å². The zero-order valence-corrected chi connectivity index (χ0v) is 17.3.